The minimum atomic E-state index is -0.421. The number of aryl methyl sites for hydroxylation is 1. The monoisotopic (exact) mass is 384 g/mol. The number of benzene rings is 1. The number of hydrogen-bond donors (Lipinski definition) is 1. The molecule has 3 heterocycles. The number of aromatic nitrogens is 2. The fraction of sp³-hybridized carbons (Fsp3) is 0.450. The third-order valence-corrected chi connectivity index (χ3v) is 5.02. The minimum Gasteiger partial charge on any atom is -0.465 e. The third-order valence-electron chi connectivity index (χ3n) is 5.02. The van der Waals surface area contributed by atoms with Crippen molar-refractivity contribution in [1.29, 1.82) is 0 Å². The van der Waals surface area contributed by atoms with E-state index in [1.54, 1.807) is 18.2 Å². The Bertz CT molecular complexity index is 857. The van der Waals surface area contributed by atoms with Gasteiger partial charge in [-0.15, -0.1) is 0 Å². The second kappa shape index (κ2) is 7.73. The summed E-state index contributed by atoms with van der Waals surface area (Å²) >= 11 is 0. The van der Waals surface area contributed by atoms with Crippen LogP contribution in [0.4, 0.5) is 17.5 Å². The zero-order valence-corrected chi connectivity index (χ0v) is 16.1. The van der Waals surface area contributed by atoms with E-state index in [1.165, 1.54) is 7.11 Å². The van der Waals surface area contributed by atoms with Crippen LogP contribution in [0.25, 0.3) is 0 Å². The number of esters is 1. The highest BCUT2D eigenvalue weighted by atomic mass is 16.7. The molecule has 1 aromatic heterocycles. The second-order valence-corrected chi connectivity index (χ2v) is 6.99. The van der Waals surface area contributed by atoms with Gasteiger partial charge in [0.25, 0.3) is 0 Å². The fourth-order valence-corrected chi connectivity index (χ4v) is 3.58. The van der Waals surface area contributed by atoms with Crippen molar-refractivity contribution in [3.8, 4) is 0 Å². The van der Waals surface area contributed by atoms with Crippen LogP contribution in [-0.2, 0) is 14.2 Å². The van der Waals surface area contributed by atoms with E-state index in [1.807, 2.05) is 19.1 Å². The van der Waals surface area contributed by atoms with Crippen LogP contribution in [0, 0.1) is 6.92 Å². The van der Waals surface area contributed by atoms with Crippen LogP contribution in [0.2, 0.25) is 0 Å². The maximum absolute atomic E-state index is 11.7. The summed E-state index contributed by atoms with van der Waals surface area (Å²) in [6.45, 7) is 4.83. The Morgan fingerprint density at radius 1 is 1.18 bits per heavy atom. The number of anilines is 3. The molecule has 28 heavy (non-hydrogen) atoms. The van der Waals surface area contributed by atoms with Crippen molar-refractivity contribution in [2.75, 3.05) is 43.6 Å². The zero-order valence-electron chi connectivity index (χ0n) is 16.1. The highest BCUT2D eigenvalue weighted by Gasteiger charge is 2.40. The molecule has 148 valence electrons. The van der Waals surface area contributed by atoms with E-state index in [2.05, 4.69) is 20.2 Å². The van der Waals surface area contributed by atoms with Crippen LogP contribution in [0.3, 0.4) is 0 Å². The zero-order chi connectivity index (χ0) is 19.6. The molecule has 2 aromatic rings. The molecule has 1 aromatic carbocycles. The lowest BCUT2D eigenvalue weighted by Gasteiger charge is -2.37. The number of hydrogen-bond acceptors (Lipinski definition) is 8. The first kappa shape index (κ1) is 18.6. The lowest BCUT2D eigenvalue weighted by Crippen LogP contribution is -2.45. The fourth-order valence-electron chi connectivity index (χ4n) is 3.58. The van der Waals surface area contributed by atoms with E-state index in [4.69, 9.17) is 14.2 Å². The number of carbonyl (C=O) groups excluding carboxylic acids is 1. The van der Waals surface area contributed by atoms with E-state index in [0.29, 0.717) is 30.5 Å². The number of nitrogens with one attached hydrogen (secondary N) is 1. The first-order valence-electron chi connectivity index (χ1n) is 9.41. The molecular formula is C20H24N4O4. The van der Waals surface area contributed by atoms with Crippen LogP contribution < -0.4 is 10.2 Å². The molecule has 0 saturated carbocycles. The molecule has 0 bridgehead atoms. The Balaban J connectivity index is 1.49. The van der Waals surface area contributed by atoms with Gasteiger partial charge in [0.15, 0.2) is 5.79 Å². The van der Waals surface area contributed by atoms with Crippen molar-refractivity contribution in [3.63, 3.8) is 0 Å². The summed E-state index contributed by atoms with van der Waals surface area (Å²) in [6.07, 6.45) is 1.60. The van der Waals surface area contributed by atoms with Crippen LogP contribution in [0.15, 0.2) is 30.3 Å². The lowest BCUT2D eigenvalue weighted by molar-refractivity contribution is -0.169. The lowest BCUT2D eigenvalue weighted by atomic mass is 10.0. The van der Waals surface area contributed by atoms with Gasteiger partial charge in [-0.25, -0.2) is 9.78 Å². The van der Waals surface area contributed by atoms with Crippen molar-refractivity contribution in [2.45, 2.75) is 25.6 Å². The van der Waals surface area contributed by atoms with Crippen LogP contribution in [0.1, 0.15) is 28.9 Å². The van der Waals surface area contributed by atoms with Gasteiger partial charge in [0.1, 0.15) is 5.82 Å². The van der Waals surface area contributed by atoms with Gasteiger partial charge < -0.3 is 24.4 Å². The summed E-state index contributed by atoms with van der Waals surface area (Å²) in [5.74, 6) is 0.565. The van der Waals surface area contributed by atoms with Gasteiger partial charge in [0.2, 0.25) is 5.95 Å². The molecule has 1 spiro atoms. The quantitative estimate of drug-likeness (QED) is 0.806. The van der Waals surface area contributed by atoms with E-state index < -0.39 is 5.79 Å². The molecule has 2 aliphatic heterocycles. The maximum Gasteiger partial charge on any atom is 0.337 e. The predicted molar refractivity (Wildman–Crippen MR) is 104 cm³/mol. The van der Waals surface area contributed by atoms with E-state index in [0.717, 1.165) is 37.3 Å². The third kappa shape index (κ3) is 3.93. The summed E-state index contributed by atoms with van der Waals surface area (Å²) < 4.78 is 16.4. The average molecular weight is 384 g/mol. The molecule has 8 heteroatoms. The normalized spacial score (nSPS) is 18.3. The Kier molecular flexibility index (Phi) is 5.15. The smallest absolute Gasteiger partial charge is 0.337 e. The average Bonchev–Trinajstić information content (AvgIpc) is 3.15. The number of carbonyl (C=O) groups is 1. The van der Waals surface area contributed by atoms with Crippen LogP contribution in [-0.4, -0.2) is 55.1 Å². The van der Waals surface area contributed by atoms with E-state index in [9.17, 15) is 4.79 Å². The number of rotatable bonds is 4. The van der Waals surface area contributed by atoms with Crippen molar-refractivity contribution >= 4 is 23.4 Å². The van der Waals surface area contributed by atoms with Gasteiger partial charge in [0, 0.05) is 43.4 Å². The Labute approximate surface area is 163 Å². The Morgan fingerprint density at radius 2 is 1.93 bits per heavy atom. The highest BCUT2D eigenvalue weighted by molar-refractivity contribution is 5.90. The standard InChI is InChI=1S/C20H24N4O4/c1-14-12-17(22-16-5-3-4-15(13-16)18(25)26-2)23-19(21-14)24-8-6-20(7-9-24)27-10-11-28-20/h3-5,12-13H,6-11H2,1-2H3,(H,21,22,23). The number of ether oxygens (including phenoxy) is 3. The molecule has 8 nitrogen and oxygen atoms in total. The van der Waals surface area contributed by atoms with Gasteiger partial charge in [-0.05, 0) is 25.1 Å². The Hall–Kier alpha value is -2.71. The highest BCUT2D eigenvalue weighted by Crippen LogP contribution is 2.32. The molecule has 2 saturated heterocycles. The second-order valence-electron chi connectivity index (χ2n) is 6.99. The molecule has 0 amide bonds. The van der Waals surface area contributed by atoms with Crippen LogP contribution >= 0.6 is 0 Å². The van der Waals surface area contributed by atoms with E-state index in [-0.39, 0.29) is 5.97 Å². The van der Waals surface area contributed by atoms with E-state index >= 15 is 0 Å². The summed E-state index contributed by atoms with van der Waals surface area (Å²) in [5.41, 5.74) is 2.11. The maximum atomic E-state index is 11.7. The molecule has 0 unspecified atom stereocenters. The van der Waals surface area contributed by atoms with Gasteiger partial charge in [0.05, 0.1) is 25.9 Å². The summed E-state index contributed by atoms with van der Waals surface area (Å²) in [6, 6.07) is 9.01. The minimum absolute atomic E-state index is 0.373. The predicted octanol–water partition coefficient (Wildman–Crippen LogP) is 2.66. The molecule has 1 N–H and O–H groups in total. The van der Waals surface area contributed by atoms with Gasteiger partial charge in [-0.2, -0.15) is 4.98 Å². The van der Waals surface area contributed by atoms with Crippen molar-refractivity contribution < 1.29 is 19.0 Å². The van der Waals surface area contributed by atoms with Gasteiger partial charge in [-0.1, -0.05) is 6.07 Å². The number of nitrogens with zero attached hydrogens (tertiary/aromatic N) is 3. The van der Waals surface area contributed by atoms with Gasteiger partial charge >= 0.3 is 5.97 Å². The van der Waals surface area contributed by atoms with Crippen molar-refractivity contribution in [3.05, 3.63) is 41.6 Å². The SMILES string of the molecule is COC(=O)c1cccc(Nc2cc(C)nc(N3CCC4(CC3)OCCO4)n2)c1. The number of piperidine rings is 1. The molecule has 0 aliphatic carbocycles. The summed E-state index contributed by atoms with van der Waals surface area (Å²) in [7, 11) is 1.37. The summed E-state index contributed by atoms with van der Waals surface area (Å²) in [4.78, 5) is 23.1. The molecule has 4 rings (SSSR count). The molecule has 0 radical (unpaired) electrons. The largest absolute Gasteiger partial charge is 0.465 e. The molecular weight excluding hydrogens is 360 g/mol. The first-order chi connectivity index (χ1) is 13.6. The topological polar surface area (TPSA) is 85.8 Å². The van der Waals surface area contributed by atoms with Crippen LogP contribution in [0.5, 0.6) is 0 Å². The molecule has 2 fully saturated rings. The summed E-state index contributed by atoms with van der Waals surface area (Å²) in [5, 5.41) is 3.26. The van der Waals surface area contributed by atoms with Crippen molar-refractivity contribution in [2.24, 2.45) is 0 Å². The first-order valence-corrected chi connectivity index (χ1v) is 9.41. The molecule has 0 atom stereocenters. The Morgan fingerprint density at radius 3 is 2.64 bits per heavy atom. The molecule has 2 aliphatic rings. The van der Waals surface area contributed by atoms with Gasteiger partial charge in [-0.3, -0.25) is 0 Å². The number of methoxy groups -OCH3 is 1. The van der Waals surface area contributed by atoms with Crippen molar-refractivity contribution in [1.82, 2.24) is 9.97 Å².